The molecule has 0 atom stereocenters. The van der Waals surface area contributed by atoms with E-state index in [1.165, 1.54) is 30.4 Å². The summed E-state index contributed by atoms with van der Waals surface area (Å²) in [6, 6.07) is 8.50. The van der Waals surface area contributed by atoms with E-state index in [-0.39, 0.29) is 22.9 Å². The molecule has 2 aromatic heterocycles. The van der Waals surface area contributed by atoms with Gasteiger partial charge >= 0.3 is 5.69 Å². The molecule has 0 bridgehead atoms. The highest BCUT2D eigenvalue weighted by Gasteiger charge is 2.22. The van der Waals surface area contributed by atoms with Crippen LogP contribution in [0.1, 0.15) is 32.3 Å². The third kappa shape index (κ3) is 4.39. The van der Waals surface area contributed by atoms with Gasteiger partial charge in [-0.05, 0) is 72.5 Å². The minimum atomic E-state index is -0.522. The van der Waals surface area contributed by atoms with Crippen LogP contribution in [-0.2, 0) is 0 Å². The zero-order valence-corrected chi connectivity index (χ0v) is 15.7. The highest BCUT2D eigenvalue weighted by Crippen LogP contribution is 2.27. The molecule has 27 heavy (non-hydrogen) atoms. The molecule has 2 heterocycles. The number of hydrogen-bond donors (Lipinski definition) is 0. The number of aryl methyl sites for hydroxylation is 1. The van der Waals surface area contributed by atoms with E-state index >= 15 is 0 Å². The Kier molecular flexibility index (Phi) is 5.63. The number of allylic oxidation sites excluding steroid dienone is 1. The van der Waals surface area contributed by atoms with E-state index in [1.807, 2.05) is 11.4 Å². The third-order valence-corrected chi connectivity index (χ3v) is 4.85. The van der Waals surface area contributed by atoms with Gasteiger partial charge in [0.15, 0.2) is 11.5 Å². The topological polar surface area (TPSA) is 86.2 Å². The van der Waals surface area contributed by atoms with E-state index < -0.39 is 4.92 Å². The molecule has 0 N–H and O–H groups in total. The molecule has 0 saturated carbocycles. The summed E-state index contributed by atoms with van der Waals surface area (Å²) in [5.41, 5.74) is 1.42. The first-order valence-electron chi connectivity index (χ1n) is 7.80. The molecule has 1 aromatic carbocycles. The summed E-state index contributed by atoms with van der Waals surface area (Å²) in [4.78, 5) is 23.6. The van der Waals surface area contributed by atoms with Gasteiger partial charge in [-0.3, -0.25) is 14.9 Å². The van der Waals surface area contributed by atoms with Crippen molar-refractivity contribution < 1.29 is 14.2 Å². The van der Waals surface area contributed by atoms with Gasteiger partial charge < -0.3 is 4.52 Å². The first-order valence-corrected chi connectivity index (χ1v) is 9.05. The number of carbonyl (C=O) groups excluding carboxylic acids is 1. The molecule has 0 aliphatic rings. The molecule has 0 aliphatic carbocycles. The molecular weight excluding hydrogens is 388 g/mol. The molecule has 8 heteroatoms. The first-order chi connectivity index (χ1) is 13.0. The van der Waals surface area contributed by atoms with E-state index in [1.54, 1.807) is 36.4 Å². The summed E-state index contributed by atoms with van der Waals surface area (Å²) in [7, 11) is 0. The van der Waals surface area contributed by atoms with Crippen molar-refractivity contribution in [2.45, 2.75) is 6.92 Å². The van der Waals surface area contributed by atoms with Crippen LogP contribution in [0, 0.1) is 17.0 Å². The molecule has 0 fully saturated rings. The number of ketones is 1. The number of carbonyl (C=O) groups is 1. The maximum Gasteiger partial charge on any atom is 0.338 e. The molecule has 3 aromatic rings. The Morgan fingerprint density at radius 2 is 1.96 bits per heavy atom. The highest BCUT2D eigenvalue weighted by molar-refractivity contribution is 7.11. The Hall–Kier alpha value is -3.03. The predicted octanol–water partition coefficient (Wildman–Crippen LogP) is 5.67. The van der Waals surface area contributed by atoms with Gasteiger partial charge in [-0.2, -0.15) is 0 Å². The van der Waals surface area contributed by atoms with Crippen molar-refractivity contribution in [3.8, 4) is 0 Å². The average molecular weight is 401 g/mol. The largest absolute Gasteiger partial charge is 0.349 e. The zero-order valence-electron chi connectivity index (χ0n) is 14.1. The third-order valence-electron chi connectivity index (χ3n) is 3.70. The Morgan fingerprint density at radius 3 is 2.67 bits per heavy atom. The Bertz CT molecular complexity index is 1050. The summed E-state index contributed by atoms with van der Waals surface area (Å²) in [5, 5.41) is 17.1. The van der Waals surface area contributed by atoms with Crippen LogP contribution in [0.4, 0.5) is 5.69 Å². The SMILES string of the molecule is Cc1noc(/C=C\c2sccc2/C=C\C(=O)c2ccc(Cl)cc2)c1[N+](=O)[O-]. The molecule has 0 aliphatic heterocycles. The number of halogens is 1. The minimum absolute atomic E-state index is 0.0815. The Morgan fingerprint density at radius 1 is 1.22 bits per heavy atom. The van der Waals surface area contributed by atoms with Crippen LogP contribution in [-0.4, -0.2) is 15.9 Å². The van der Waals surface area contributed by atoms with Crippen molar-refractivity contribution in [2.24, 2.45) is 0 Å². The van der Waals surface area contributed by atoms with Gasteiger partial charge in [-0.15, -0.1) is 11.3 Å². The molecule has 0 radical (unpaired) electrons. The van der Waals surface area contributed by atoms with Crippen molar-refractivity contribution in [1.29, 1.82) is 0 Å². The predicted molar refractivity (Wildman–Crippen MR) is 106 cm³/mol. The lowest BCUT2D eigenvalue weighted by Gasteiger charge is -1.96. The molecule has 0 unspecified atom stereocenters. The van der Waals surface area contributed by atoms with E-state index in [4.69, 9.17) is 16.1 Å². The summed E-state index contributed by atoms with van der Waals surface area (Å²) in [6.07, 6.45) is 6.38. The molecule has 6 nitrogen and oxygen atoms in total. The fourth-order valence-corrected chi connectivity index (χ4v) is 3.25. The maximum atomic E-state index is 12.2. The summed E-state index contributed by atoms with van der Waals surface area (Å²) in [5.74, 6) is -0.0626. The van der Waals surface area contributed by atoms with Gasteiger partial charge in [-0.25, -0.2) is 0 Å². The number of rotatable bonds is 6. The molecule has 0 spiro atoms. The second-order valence-corrected chi connectivity index (χ2v) is 6.90. The van der Waals surface area contributed by atoms with Gasteiger partial charge in [0.25, 0.3) is 0 Å². The lowest BCUT2D eigenvalue weighted by Crippen LogP contribution is -1.93. The van der Waals surface area contributed by atoms with Crippen molar-refractivity contribution in [2.75, 3.05) is 0 Å². The fraction of sp³-hybridized carbons (Fsp3) is 0.0526. The molecule has 0 amide bonds. The summed E-state index contributed by atoms with van der Waals surface area (Å²) in [6.45, 7) is 1.51. The number of nitrogens with zero attached hydrogens (tertiary/aromatic N) is 2. The van der Waals surface area contributed by atoms with Crippen LogP contribution < -0.4 is 0 Å². The van der Waals surface area contributed by atoms with E-state index in [0.717, 1.165) is 10.4 Å². The van der Waals surface area contributed by atoms with E-state index in [9.17, 15) is 14.9 Å². The number of benzene rings is 1. The average Bonchev–Trinajstić information content (AvgIpc) is 3.24. The second kappa shape index (κ2) is 8.11. The highest BCUT2D eigenvalue weighted by atomic mass is 35.5. The number of aromatic nitrogens is 1. The lowest BCUT2D eigenvalue weighted by atomic mass is 10.1. The van der Waals surface area contributed by atoms with Crippen LogP contribution in [0.25, 0.3) is 18.2 Å². The normalized spacial score (nSPS) is 11.5. The first kappa shape index (κ1) is 18.8. The zero-order chi connectivity index (χ0) is 19.4. The van der Waals surface area contributed by atoms with Gasteiger partial charge in [-0.1, -0.05) is 16.8 Å². The van der Waals surface area contributed by atoms with E-state index in [2.05, 4.69) is 5.16 Å². The molecular formula is C19H13ClN2O4S. The second-order valence-electron chi connectivity index (χ2n) is 5.52. The molecule has 3 rings (SSSR count). The quantitative estimate of drug-likeness (QED) is 0.230. The van der Waals surface area contributed by atoms with Crippen molar-refractivity contribution in [3.05, 3.63) is 84.4 Å². The Balaban J connectivity index is 1.79. The van der Waals surface area contributed by atoms with Crippen LogP contribution in [0.3, 0.4) is 0 Å². The van der Waals surface area contributed by atoms with Gasteiger partial charge in [0, 0.05) is 15.5 Å². The van der Waals surface area contributed by atoms with Gasteiger partial charge in [0.05, 0.1) is 4.92 Å². The lowest BCUT2D eigenvalue weighted by molar-refractivity contribution is -0.386. The Labute approximate surface area is 163 Å². The number of thiophene rings is 1. The minimum Gasteiger partial charge on any atom is -0.349 e. The van der Waals surface area contributed by atoms with Crippen LogP contribution in [0.15, 0.2) is 46.3 Å². The van der Waals surface area contributed by atoms with Crippen LogP contribution in [0.5, 0.6) is 0 Å². The van der Waals surface area contributed by atoms with Gasteiger partial charge in [0.2, 0.25) is 5.76 Å². The molecule has 136 valence electrons. The monoisotopic (exact) mass is 400 g/mol. The molecule has 0 saturated heterocycles. The number of hydrogen-bond acceptors (Lipinski definition) is 6. The maximum absolute atomic E-state index is 12.2. The fourth-order valence-electron chi connectivity index (χ4n) is 2.35. The van der Waals surface area contributed by atoms with Crippen molar-refractivity contribution >= 4 is 52.6 Å². The van der Waals surface area contributed by atoms with Crippen LogP contribution >= 0.6 is 22.9 Å². The number of nitro groups is 1. The van der Waals surface area contributed by atoms with Crippen molar-refractivity contribution in [3.63, 3.8) is 0 Å². The van der Waals surface area contributed by atoms with Gasteiger partial charge in [0.1, 0.15) is 0 Å². The standard InChI is InChI=1S/C19H13ClN2O4S/c1-12-19(22(24)25)17(26-21-12)8-9-18-14(10-11-27-18)4-7-16(23)13-2-5-15(20)6-3-13/h2-11H,1H3/b7-4-,9-8-. The summed E-state index contributed by atoms with van der Waals surface area (Å²) >= 11 is 7.26. The van der Waals surface area contributed by atoms with Crippen molar-refractivity contribution in [1.82, 2.24) is 5.16 Å². The van der Waals surface area contributed by atoms with E-state index in [0.29, 0.717) is 10.6 Å². The summed E-state index contributed by atoms with van der Waals surface area (Å²) < 4.78 is 5.00. The van der Waals surface area contributed by atoms with Crippen LogP contribution in [0.2, 0.25) is 5.02 Å². The smallest absolute Gasteiger partial charge is 0.338 e.